The van der Waals surface area contributed by atoms with Crippen LogP contribution in [0.2, 0.25) is 0 Å². The molecular weight excluding hydrogens is 190 g/mol. The van der Waals surface area contributed by atoms with Gasteiger partial charge in [-0.15, -0.1) is 17.9 Å². The Hall–Kier alpha value is -1.28. The van der Waals surface area contributed by atoms with Gasteiger partial charge in [-0.2, -0.15) is 0 Å². The van der Waals surface area contributed by atoms with Crippen LogP contribution in [-0.4, -0.2) is 6.04 Å². The van der Waals surface area contributed by atoms with Gasteiger partial charge in [-0.25, -0.2) is 0 Å². The summed E-state index contributed by atoms with van der Waals surface area (Å²) in [7, 11) is 0. The van der Waals surface area contributed by atoms with E-state index in [2.05, 4.69) is 48.5 Å². The molecule has 1 unspecified atom stereocenters. The Kier molecular flexibility index (Phi) is 2.55. The summed E-state index contributed by atoms with van der Waals surface area (Å²) in [6.45, 7) is 5.84. The minimum Gasteiger partial charge on any atom is -0.379 e. The van der Waals surface area contributed by atoms with Crippen molar-refractivity contribution in [2.75, 3.05) is 5.32 Å². The van der Waals surface area contributed by atoms with Crippen LogP contribution in [0.4, 0.5) is 5.69 Å². The maximum atomic E-state index is 3.75. The molecule has 2 heteroatoms. The SMILES string of the molecule is C=CC(C)Nc1ccc2sccc2c1. The van der Waals surface area contributed by atoms with E-state index in [-0.39, 0.29) is 0 Å². The number of fused-ring (bicyclic) bond motifs is 1. The van der Waals surface area contributed by atoms with Gasteiger partial charge in [-0.1, -0.05) is 6.08 Å². The summed E-state index contributed by atoms with van der Waals surface area (Å²) in [6, 6.07) is 8.89. The maximum absolute atomic E-state index is 3.75. The number of hydrogen-bond donors (Lipinski definition) is 1. The monoisotopic (exact) mass is 203 g/mol. The average Bonchev–Trinajstić information content (AvgIpc) is 2.64. The Bertz CT molecular complexity index is 444. The number of benzene rings is 1. The van der Waals surface area contributed by atoms with E-state index in [1.807, 2.05) is 6.08 Å². The first-order chi connectivity index (χ1) is 6.79. The van der Waals surface area contributed by atoms with Crippen molar-refractivity contribution in [3.8, 4) is 0 Å². The van der Waals surface area contributed by atoms with E-state index in [1.165, 1.54) is 10.1 Å². The van der Waals surface area contributed by atoms with Crippen LogP contribution in [-0.2, 0) is 0 Å². The van der Waals surface area contributed by atoms with Crippen molar-refractivity contribution in [2.24, 2.45) is 0 Å². The highest BCUT2D eigenvalue weighted by molar-refractivity contribution is 7.17. The van der Waals surface area contributed by atoms with Gasteiger partial charge in [0.05, 0.1) is 0 Å². The van der Waals surface area contributed by atoms with Gasteiger partial charge in [0.25, 0.3) is 0 Å². The van der Waals surface area contributed by atoms with Gasteiger partial charge in [-0.3, -0.25) is 0 Å². The lowest BCUT2D eigenvalue weighted by Crippen LogP contribution is -2.10. The van der Waals surface area contributed by atoms with Gasteiger partial charge in [0.2, 0.25) is 0 Å². The van der Waals surface area contributed by atoms with E-state index in [1.54, 1.807) is 11.3 Å². The van der Waals surface area contributed by atoms with Crippen LogP contribution in [0.15, 0.2) is 42.3 Å². The van der Waals surface area contributed by atoms with E-state index in [0.717, 1.165) is 5.69 Å². The lowest BCUT2D eigenvalue weighted by Gasteiger charge is -2.10. The second-order valence-electron chi connectivity index (χ2n) is 3.34. The molecule has 1 aromatic heterocycles. The third-order valence-corrected chi connectivity index (χ3v) is 3.10. The summed E-state index contributed by atoms with van der Waals surface area (Å²) >= 11 is 1.77. The second kappa shape index (κ2) is 3.84. The molecule has 0 radical (unpaired) electrons. The smallest absolute Gasteiger partial charge is 0.0413 e. The largest absolute Gasteiger partial charge is 0.379 e. The number of anilines is 1. The van der Waals surface area contributed by atoms with Crippen LogP contribution in [0, 0.1) is 0 Å². The van der Waals surface area contributed by atoms with Crippen LogP contribution < -0.4 is 5.32 Å². The highest BCUT2D eigenvalue weighted by Gasteiger charge is 1.99. The molecule has 0 spiro atoms. The number of rotatable bonds is 3. The van der Waals surface area contributed by atoms with Crippen molar-refractivity contribution >= 4 is 27.1 Å². The van der Waals surface area contributed by atoms with Gasteiger partial charge >= 0.3 is 0 Å². The molecule has 0 aliphatic carbocycles. The van der Waals surface area contributed by atoms with Crippen LogP contribution in [0.5, 0.6) is 0 Å². The first-order valence-electron chi connectivity index (χ1n) is 4.66. The van der Waals surface area contributed by atoms with Crippen molar-refractivity contribution in [1.29, 1.82) is 0 Å². The predicted molar refractivity (Wildman–Crippen MR) is 65.1 cm³/mol. The van der Waals surface area contributed by atoms with Crippen molar-refractivity contribution in [1.82, 2.24) is 0 Å². The number of nitrogens with one attached hydrogen (secondary N) is 1. The quantitative estimate of drug-likeness (QED) is 0.746. The molecule has 2 rings (SSSR count). The molecule has 0 saturated heterocycles. The normalized spacial score (nSPS) is 12.6. The third-order valence-electron chi connectivity index (χ3n) is 2.20. The zero-order chi connectivity index (χ0) is 9.97. The lowest BCUT2D eigenvalue weighted by atomic mass is 10.2. The van der Waals surface area contributed by atoms with Crippen LogP contribution in [0.3, 0.4) is 0 Å². The van der Waals surface area contributed by atoms with Crippen LogP contribution in [0.1, 0.15) is 6.92 Å². The van der Waals surface area contributed by atoms with E-state index in [9.17, 15) is 0 Å². The molecule has 0 aliphatic heterocycles. The van der Waals surface area contributed by atoms with Gasteiger partial charge < -0.3 is 5.32 Å². The Morgan fingerprint density at radius 3 is 3.07 bits per heavy atom. The molecule has 72 valence electrons. The summed E-state index contributed by atoms with van der Waals surface area (Å²) in [5.41, 5.74) is 1.16. The minimum atomic E-state index is 0.311. The molecule has 0 amide bonds. The fourth-order valence-corrected chi connectivity index (χ4v) is 2.15. The summed E-state index contributed by atoms with van der Waals surface area (Å²) < 4.78 is 1.34. The maximum Gasteiger partial charge on any atom is 0.0413 e. The van der Waals surface area contributed by atoms with Gasteiger partial charge in [0.1, 0.15) is 0 Å². The summed E-state index contributed by atoms with van der Waals surface area (Å²) in [6.07, 6.45) is 1.90. The average molecular weight is 203 g/mol. The Labute approximate surface area is 88.1 Å². The Balaban J connectivity index is 2.29. The molecule has 1 nitrogen and oxygen atoms in total. The van der Waals surface area contributed by atoms with Gasteiger partial charge in [0, 0.05) is 16.4 Å². The fourth-order valence-electron chi connectivity index (χ4n) is 1.38. The minimum absolute atomic E-state index is 0.311. The summed E-state index contributed by atoms with van der Waals surface area (Å²) in [5.74, 6) is 0. The lowest BCUT2D eigenvalue weighted by molar-refractivity contribution is 1.00. The zero-order valence-corrected chi connectivity index (χ0v) is 8.97. The Morgan fingerprint density at radius 1 is 1.43 bits per heavy atom. The molecule has 14 heavy (non-hydrogen) atoms. The Morgan fingerprint density at radius 2 is 2.29 bits per heavy atom. The van der Waals surface area contributed by atoms with Crippen molar-refractivity contribution < 1.29 is 0 Å². The molecule has 2 aromatic rings. The molecular formula is C12H13NS. The highest BCUT2D eigenvalue weighted by atomic mass is 32.1. The number of hydrogen-bond acceptors (Lipinski definition) is 2. The van der Waals surface area contributed by atoms with Gasteiger partial charge in [-0.05, 0) is 42.0 Å². The first kappa shape index (κ1) is 9.28. The molecule has 1 aromatic carbocycles. The van der Waals surface area contributed by atoms with E-state index in [4.69, 9.17) is 0 Å². The van der Waals surface area contributed by atoms with E-state index in [0.29, 0.717) is 6.04 Å². The van der Waals surface area contributed by atoms with Crippen molar-refractivity contribution in [2.45, 2.75) is 13.0 Å². The van der Waals surface area contributed by atoms with E-state index >= 15 is 0 Å². The number of thiophene rings is 1. The molecule has 1 N–H and O–H groups in total. The molecule has 0 fully saturated rings. The standard InChI is InChI=1S/C12H13NS/c1-3-9(2)13-11-4-5-12-10(8-11)6-7-14-12/h3-9,13H,1H2,2H3. The van der Waals surface area contributed by atoms with Crippen LogP contribution in [0.25, 0.3) is 10.1 Å². The van der Waals surface area contributed by atoms with Crippen molar-refractivity contribution in [3.63, 3.8) is 0 Å². The highest BCUT2D eigenvalue weighted by Crippen LogP contribution is 2.24. The third kappa shape index (κ3) is 1.80. The summed E-state index contributed by atoms with van der Waals surface area (Å²) in [5, 5.41) is 6.78. The van der Waals surface area contributed by atoms with Gasteiger partial charge in [0.15, 0.2) is 0 Å². The fraction of sp³-hybridized carbons (Fsp3) is 0.167. The summed E-state index contributed by atoms with van der Waals surface area (Å²) in [4.78, 5) is 0. The first-order valence-corrected chi connectivity index (χ1v) is 5.54. The second-order valence-corrected chi connectivity index (χ2v) is 4.29. The van der Waals surface area contributed by atoms with Crippen molar-refractivity contribution in [3.05, 3.63) is 42.3 Å². The molecule has 0 saturated carbocycles. The molecule has 1 heterocycles. The molecule has 0 bridgehead atoms. The predicted octanol–water partition coefficient (Wildman–Crippen LogP) is 3.89. The zero-order valence-electron chi connectivity index (χ0n) is 8.16. The topological polar surface area (TPSA) is 12.0 Å². The molecule has 1 atom stereocenters. The van der Waals surface area contributed by atoms with E-state index < -0.39 is 0 Å². The van der Waals surface area contributed by atoms with Crippen LogP contribution >= 0.6 is 11.3 Å². The molecule has 0 aliphatic rings.